The van der Waals surface area contributed by atoms with Crippen LogP contribution in [0.4, 0.5) is 0 Å². The van der Waals surface area contributed by atoms with Gasteiger partial charge in [0.2, 0.25) is 0 Å². The predicted octanol–water partition coefficient (Wildman–Crippen LogP) is 15.5. The number of nitriles is 1. The molecule has 0 aliphatic heterocycles. The molecule has 0 unspecified atom stereocenters. The van der Waals surface area contributed by atoms with E-state index in [4.69, 9.17) is 8.83 Å². The standard InChI is InChI=1S/C59H30N2O2/c60-29-31-26-45-56(57-50(31)51-36-17-3-5-19-38(36)52(57)39-20-6-4-18-37(39)51)53-40-25-24-30-12-11-23-48-49(30)54(40)59(63-48)55-43-27-41-35-16-8-10-22-47(35)62-46-21-9-7-15-34(46)32-13-1-2-14-33(32)42(41)28-44(43)61(45)58(53)55/h1-28,51-52H. The second kappa shape index (κ2) is 11.1. The Bertz CT molecular complexity index is 4490. The Labute approximate surface area is 358 Å². The third kappa shape index (κ3) is 3.73. The van der Waals surface area contributed by atoms with E-state index < -0.39 is 0 Å². The van der Waals surface area contributed by atoms with Crippen LogP contribution in [-0.2, 0) is 0 Å². The lowest BCUT2D eigenvalue weighted by Crippen LogP contribution is -2.28. The van der Waals surface area contributed by atoms with Crippen molar-refractivity contribution in [3.05, 3.63) is 209 Å². The smallest absolute Gasteiger partial charge is 0.146 e. The topological polar surface area (TPSA) is 54.5 Å². The van der Waals surface area contributed by atoms with Gasteiger partial charge in [0.15, 0.2) is 0 Å². The van der Waals surface area contributed by atoms with Gasteiger partial charge in [-0.05, 0) is 102 Å². The van der Waals surface area contributed by atoms with Crippen molar-refractivity contribution >= 4 is 114 Å². The quantitative estimate of drug-likeness (QED) is 0.144. The fourth-order valence-corrected chi connectivity index (χ4v) is 12.6. The largest absolute Gasteiger partial charge is 0.456 e. The number of hydrogen-bond donors (Lipinski definition) is 0. The second-order valence-electron chi connectivity index (χ2n) is 17.6. The summed E-state index contributed by atoms with van der Waals surface area (Å²) in [4.78, 5) is 0. The van der Waals surface area contributed by atoms with Crippen molar-refractivity contribution in [2.75, 3.05) is 0 Å². The molecule has 288 valence electrons. The molecule has 4 aromatic heterocycles. The normalized spacial score (nSPS) is 15.6. The van der Waals surface area contributed by atoms with Crippen LogP contribution in [0, 0.1) is 11.3 Å². The van der Waals surface area contributed by atoms with Crippen molar-refractivity contribution < 1.29 is 8.83 Å². The van der Waals surface area contributed by atoms with E-state index in [2.05, 4.69) is 174 Å². The highest BCUT2D eigenvalue weighted by Gasteiger charge is 2.44. The lowest BCUT2D eigenvalue weighted by atomic mass is 9.59. The third-order valence-corrected chi connectivity index (χ3v) is 14.9. The van der Waals surface area contributed by atoms with Gasteiger partial charge in [-0.1, -0.05) is 133 Å². The third-order valence-electron chi connectivity index (χ3n) is 14.9. The molecule has 14 aromatic rings. The van der Waals surface area contributed by atoms with Crippen molar-refractivity contribution in [3.8, 4) is 6.07 Å². The molecule has 10 aromatic carbocycles. The summed E-state index contributed by atoms with van der Waals surface area (Å²) in [7, 11) is 0. The first-order valence-electron chi connectivity index (χ1n) is 21.7. The summed E-state index contributed by atoms with van der Waals surface area (Å²) in [5.41, 5.74) is 15.1. The zero-order chi connectivity index (χ0) is 40.8. The molecule has 3 aliphatic carbocycles. The molecule has 4 heteroatoms. The molecule has 0 radical (unpaired) electrons. The second-order valence-corrected chi connectivity index (χ2v) is 17.6. The molecular formula is C59H30N2O2. The molecule has 0 saturated carbocycles. The molecule has 4 heterocycles. The van der Waals surface area contributed by atoms with Crippen LogP contribution in [0.1, 0.15) is 50.8 Å². The first-order valence-corrected chi connectivity index (χ1v) is 21.7. The van der Waals surface area contributed by atoms with Crippen LogP contribution in [0.25, 0.3) is 114 Å². The van der Waals surface area contributed by atoms with Crippen LogP contribution < -0.4 is 0 Å². The minimum Gasteiger partial charge on any atom is -0.456 e. The van der Waals surface area contributed by atoms with Gasteiger partial charge in [-0.3, -0.25) is 0 Å². The molecule has 0 atom stereocenters. The maximum absolute atomic E-state index is 11.3. The number of rotatable bonds is 0. The van der Waals surface area contributed by atoms with Gasteiger partial charge in [0.1, 0.15) is 22.3 Å². The SMILES string of the molecule is N#Cc1cc2c(c3c1C1c4ccccc4C3c3ccccc31)c1c3ccc4cccc5oc(c3c45)c3c4cc5c6ccccc6oc6ccccc6c6ccccc6c5cc4n2c31. The molecule has 2 bridgehead atoms. The molecule has 0 spiro atoms. The van der Waals surface area contributed by atoms with E-state index in [1.165, 1.54) is 49.4 Å². The Morgan fingerprint density at radius 1 is 0.397 bits per heavy atom. The molecule has 0 fully saturated rings. The van der Waals surface area contributed by atoms with Crippen LogP contribution >= 0.6 is 0 Å². The van der Waals surface area contributed by atoms with E-state index in [0.717, 1.165) is 104 Å². The van der Waals surface area contributed by atoms with Gasteiger partial charge in [-0.15, -0.1) is 0 Å². The van der Waals surface area contributed by atoms with Crippen molar-refractivity contribution in [2.24, 2.45) is 0 Å². The zero-order valence-corrected chi connectivity index (χ0v) is 33.5. The Hall–Kier alpha value is -8.39. The van der Waals surface area contributed by atoms with Gasteiger partial charge in [-0.2, -0.15) is 5.26 Å². The summed E-state index contributed by atoms with van der Waals surface area (Å²) in [6.07, 6.45) is 0. The molecular weight excluding hydrogens is 769 g/mol. The first kappa shape index (κ1) is 32.4. The van der Waals surface area contributed by atoms with Crippen LogP contribution in [-0.4, -0.2) is 4.40 Å². The number of aromatic nitrogens is 1. The Morgan fingerprint density at radius 3 is 1.68 bits per heavy atom. The van der Waals surface area contributed by atoms with Crippen molar-refractivity contribution in [1.29, 1.82) is 5.26 Å². The molecule has 0 amide bonds. The van der Waals surface area contributed by atoms with E-state index >= 15 is 0 Å². The lowest BCUT2D eigenvalue weighted by molar-refractivity contribution is 0.663. The summed E-state index contributed by atoms with van der Waals surface area (Å²) < 4.78 is 16.5. The fourth-order valence-electron chi connectivity index (χ4n) is 12.6. The van der Waals surface area contributed by atoms with E-state index in [0.29, 0.717) is 0 Å². The highest BCUT2D eigenvalue weighted by molar-refractivity contribution is 6.42. The predicted molar refractivity (Wildman–Crippen MR) is 256 cm³/mol. The van der Waals surface area contributed by atoms with Crippen molar-refractivity contribution in [3.63, 3.8) is 0 Å². The molecule has 3 aliphatic rings. The van der Waals surface area contributed by atoms with Crippen LogP contribution in [0.2, 0.25) is 0 Å². The van der Waals surface area contributed by atoms with Crippen molar-refractivity contribution in [2.45, 2.75) is 11.8 Å². The van der Waals surface area contributed by atoms with Gasteiger partial charge < -0.3 is 13.2 Å². The maximum Gasteiger partial charge on any atom is 0.146 e. The highest BCUT2D eigenvalue weighted by Crippen LogP contribution is 2.61. The van der Waals surface area contributed by atoms with Gasteiger partial charge in [0.25, 0.3) is 0 Å². The number of nitrogens with zero attached hydrogens (tertiary/aromatic N) is 2. The van der Waals surface area contributed by atoms with E-state index in [1.807, 2.05) is 6.07 Å². The van der Waals surface area contributed by atoms with Crippen LogP contribution in [0.15, 0.2) is 179 Å². The molecule has 0 N–H and O–H groups in total. The van der Waals surface area contributed by atoms with Crippen LogP contribution in [0.3, 0.4) is 0 Å². The number of hydrogen-bond acceptors (Lipinski definition) is 3. The zero-order valence-electron chi connectivity index (χ0n) is 33.5. The Balaban J connectivity index is 1.21. The summed E-state index contributed by atoms with van der Waals surface area (Å²) in [6.45, 7) is 0. The lowest BCUT2D eigenvalue weighted by Gasteiger charge is -2.43. The van der Waals surface area contributed by atoms with Gasteiger partial charge in [0.05, 0.1) is 33.6 Å². The average Bonchev–Trinajstić information content (AvgIpc) is 4.01. The van der Waals surface area contributed by atoms with Gasteiger partial charge in [-0.25, -0.2) is 0 Å². The first-order chi connectivity index (χ1) is 31.2. The maximum atomic E-state index is 11.3. The number of fused-ring (bicyclic) bond motifs is 15. The summed E-state index contributed by atoms with van der Waals surface area (Å²) >= 11 is 0. The number of para-hydroxylation sites is 2. The highest BCUT2D eigenvalue weighted by atomic mass is 16.3. The molecule has 4 nitrogen and oxygen atoms in total. The monoisotopic (exact) mass is 798 g/mol. The average molecular weight is 799 g/mol. The summed E-state index contributed by atoms with van der Waals surface area (Å²) in [5.74, 6) is -0.0587. The van der Waals surface area contributed by atoms with E-state index in [-0.39, 0.29) is 11.8 Å². The minimum atomic E-state index is -0.0353. The molecule has 17 rings (SSSR count). The van der Waals surface area contributed by atoms with Gasteiger partial charge in [0, 0.05) is 49.5 Å². The molecule has 0 saturated heterocycles. The van der Waals surface area contributed by atoms with Crippen molar-refractivity contribution in [1.82, 2.24) is 4.40 Å². The Morgan fingerprint density at radius 2 is 0.984 bits per heavy atom. The van der Waals surface area contributed by atoms with Gasteiger partial charge >= 0.3 is 0 Å². The van der Waals surface area contributed by atoms with E-state index in [1.54, 1.807) is 0 Å². The number of furan rings is 1. The van der Waals surface area contributed by atoms with E-state index in [9.17, 15) is 5.26 Å². The summed E-state index contributed by atoms with van der Waals surface area (Å²) in [6, 6.07) is 64.1. The molecule has 63 heavy (non-hydrogen) atoms. The van der Waals surface area contributed by atoms with Crippen LogP contribution in [0.5, 0.6) is 0 Å². The fraction of sp³-hybridized carbons (Fsp3) is 0.0339. The minimum absolute atomic E-state index is 0.0234. The number of benzene rings is 10. The summed E-state index contributed by atoms with van der Waals surface area (Å²) in [5, 5.41) is 27.1. The Kier molecular flexibility index (Phi) is 5.71.